The van der Waals surface area contributed by atoms with E-state index in [2.05, 4.69) is 9.80 Å². The second kappa shape index (κ2) is 15.5. The van der Waals surface area contributed by atoms with Crippen LogP contribution in [0.4, 0.5) is 0 Å². The molecule has 0 N–H and O–H groups in total. The second-order valence-electron chi connectivity index (χ2n) is 12.9. The molecule has 2 unspecified atom stereocenters. The van der Waals surface area contributed by atoms with Crippen molar-refractivity contribution in [1.29, 1.82) is 0 Å². The Balaban J connectivity index is 1.14. The van der Waals surface area contributed by atoms with Crippen molar-refractivity contribution in [2.75, 3.05) is 67.2 Å². The Morgan fingerprint density at radius 3 is 2.06 bits per heavy atom. The van der Waals surface area contributed by atoms with Gasteiger partial charge in [-0.1, -0.05) is 50.2 Å². The van der Waals surface area contributed by atoms with E-state index >= 15 is 0 Å². The number of hydrogen-bond donors (Lipinski definition) is 0. The third kappa shape index (κ3) is 6.76. The summed E-state index contributed by atoms with van der Waals surface area (Å²) in [5.41, 5.74) is 2.08. The first-order chi connectivity index (χ1) is 23.1. The molecule has 0 aliphatic carbocycles. The van der Waals surface area contributed by atoms with Gasteiger partial charge < -0.3 is 39.0 Å². The number of fused-ring (bicyclic) bond motifs is 1. The topological polar surface area (TPSA) is 104 Å². The van der Waals surface area contributed by atoms with Crippen LogP contribution in [0.15, 0.2) is 65.6 Å². The van der Waals surface area contributed by atoms with Gasteiger partial charge >= 0.3 is 0 Å². The van der Waals surface area contributed by atoms with Crippen molar-refractivity contribution >= 4 is 9.84 Å². The molecule has 0 aromatic heterocycles. The number of hydrogen-bond acceptors (Lipinski definition) is 10. The number of piperazine rings is 1. The van der Waals surface area contributed by atoms with E-state index in [0.717, 1.165) is 69.2 Å². The molecule has 262 valence electrons. The fraction of sp³-hybridized carbons (Fsp3) is 0.514. The molecule has 5 rings (SSSR count). The Hall–Kier alpha value is -3.35. The minimum Gasteiger partial charge on any atom is -0.783 e. The molecule has 2 heterocycles. The van der Waals surface area contributed by atoms with E-state index in [1.807, 2.05) is 18.2 Å². The average Bonchev–Trinajstić information content (AvgIpc) is 3.10. The first kappa shape index (κ1) is 35.9. The lowest BCUT2D eigenvalue weighted by Crippen LogP contribution is -2.56. The summed E-state index contributed by atoms with van der Waals surface area (Å²) in [5.74, 6) is 1.88. The molecule has 3 aromatic carbocycles. The van der Waals surface area contributed by atoms with Crippen LogP contribution in [0.5, 0.6) is 23.0 Å². The molecule has 2 aliphatic heterocycles. The van der Waals surface area contributed by atoms with Crippen LogP contribution in [-0.4, -0.2) is 90.5 Å². The highest BCUT2D eigenvalue weighted by atomic mass is 32.2. The quantitative estimate of drug-likeness (QED) is 0.192. The molecule has 48 heavy (non-hydrogen) atoms. The predicted octanol–water partition coefficient (Wildman–Crippen LogP) is 5.89. The van der Waals surface area contributed by atoms with Crippen LogP contribution >= 0.6 is 0 Å². The fourth-order valence-corrected chi connectivity index (χ4v) is 9.84. The largest absolute Gasteiger partial charge is 0.783 e. The molecule has 11 heteroatoms. The molecule has 0 spiro atoms. The number of rotatable bonds is 14. The van der Waals surface area contributed by atoms with Gasteiger partial charge in [-0.25, -0.2) is 8.42 Å². The average molecular weight is 681 g/mol. The molecule has 3 aromatic rings. The molecule has 1 saturated heterocycles. The molecule has 1 fully saturated rings. The third-order valence-electron chi connectivity index (χ3n) is 9.84. The minimum absolute atomic E-state index is 0.217. The van der Waals surface area contributed by atoms with Crippen LogP contribution in [0.2, 0.25) is 0 Å². The number of nitrogens with zero attached hydrogens (tertiary/aromatic N) is 3. The summed E-state index contributed by atoms with van der Waals surface area (Å²) < 4.78 is 51.4. The summed E-state index contributed by atoms with van der Waals surface area (Å²) in [4.78, 5) is 3.39. The van der Waals surface area contributed by atoms with Crippen LogP contribution in [-0.2, 0) is 21.1 Å². The van der Waals surface area contributed by atoms with Crippen LogP contribution in [0.1, 0.15) is 56.3 Å². The minimum atomic E-state index is -4.08. The van der Waals surface area contributed by atoms with E-state index in [4.69, 9.17) is 18.9 Å². The molecule has 0 saturated carbocycles. The maximum absolute atomic E-state index is 14.3. The Morgan fingerprint density at radius 2 is 1.44 bits per heavy atom. The molecule has 0 bridgehead atoms. The van der Waals surface area contributed by atoms with Crippen molar-refractivity contribution in [3.05, 3.63) is 82.6 Å². The van der Waals surface area contributed by atoms with Crippen molar-refractivity contribution in [1.82, 2.24) is 14.9 Å². The smallest absolute Gasteiger partial charge is 0.203 e. The number of sulfone groups is 1. The Bertz CT molecular complexity index is 1620. The van der Waals surface area contributed by atoms with E-state index in [0.29, 0.717) is 40.7 Å². The van der Waals surface area contributed by atoms with Crippen LogP contribution in [0.25, 0.3) is 0 Å². The highest BCUT2D eigenvalue weighted by Gasteiger charge is 2.56. The Labute approximate surface area is 286 Å². The zero-order chi connectivity index (χ0) is 34.5. The SMILES string of the molecule is COc1cc(CCN2CCN(CCCCOc3ccccc3C3(C(C)C)N([O-])C(C)c4ccccc4S3(=O)=O)CC2)cc(OC)c1OC. The zero-order valence-corrected chi connectivity index (χ0v) is 29.9. The lowest BCUT2D eigenvalue weighted by atomic mass is 9.91. The molecule has 2 aliphatic rings. The summed E-state index contributed by atoms with van der Waals surface area (Å²) in [5, 5.41) is 14.8. The summed E-state index contributed by atoms with van der Waals surface area (Å²) in [6.07, 6.45) is 2.67. The number of methoxy groups -OCH3 is 3. The number of ether oxygens (including phenoxy) is 4. The summed E-state index contributed by atoms with van der Waals surface area (Å²) >= 11 is 0. The summed E-state index contributed by atoms with van der Waals surface area (Å²) in [6.45, 7) is 11.8. The predicted molar refractivity (Wildman–Crippen MR) is 188 cm³/mol. The van der Waals surface area contributed by atoms with Gasteiger partial charge in [-0.2, -0.15) is 0 Å². The van der Waals surface area contributed by atoms with Gasteiger partial charge in [0.25, 0.3) is 0 Å². The highest BCUT2D eigenvalue weighted by Crippen LogP contribution is 2.54. The first-order valence-electron chi connectivity index (χ1n) is 16.9. The molecule has 2 atom stereocenters. The van der Waals surface area contributed by atoms with E-state index < -0.39 is 26.7 Å². The van der Waals surface area contributed by atoms with Gasteiger partial charge in [0.15, 0.2) is 11.5 Å². The summed E-state index contributed by atoms with van der Waals surface area (Å²) in [6, 6.07) is 17.4. The Kier molecular flexibility index (Phi) is 11.6. The third-order valence-corrected chi connectivity index (χ3v) is 12.5. The number of para-hydroxylation sites is 1. The first-order valence-corrected chi connectivity index (χ1v) is 18.3. The number of hydroxylamine groups is 2. The lowest BCUT2D eigenvalue weighted by Gasteiger charge is -2.56. The van der Waals surface area contributed by atoms with Gasteiger partial charge in [0.2, 0.25) is 15.6 Å². The van der Waals surface area contributed by atoms with Gasteiger partial charge in [0.05, 0.1) is 32.8 Å². The van der Waals surface area contributed by atoms with Gasteiger partial charge in [0, 0.05) is 44.3 Å². The molecule has 0 amide bonds. The van der Waals surface area contributed by atoms with Crippen molar-refractivity contribution in [2.24, 2.45) is 5.92 Å². The fourth-order valence-electron chi connectivity index (χ4n) is 7.22. The van der Waals surface area contributed by atoms with E-state index in [9.17, 15) is 13.6 Å². The van der Waals surface area contributed by atoms with Crippen LogP contribution in [0, 0.1) is 11.1 Å². The van der Waals surface area contributed by atoms with E-state index in [-0.39, 0.29) is 4.90 Å². The van der Waals surface area contributed by atoms with Crippen LogP contribution in [0.3, 0.4) is 0 Å². The summed E-state index contributed by atoms with van der Waals surface area (Å²) in [7, 11) is 0.809. The van der Waals surface area contributed by atoms with Crippen molar-refractivity contribution < 1.29 is 27.4 Å². The Morgan fingerprint density at radius 1 is 0.833 bits per heavy atom. The second-order valence-corrected chi connectivity index (χ2v) is 15.0. The lowest BCUT2D eigenvalue weighted by molar-refractivity contribution is 0.115. The molecular formula is C37H50N3O7S-. The van der Waals surface area contributed by atoms with Crippen LogP contribution < -0.4 is 18.9 Å². The number of unbranched alkanes of at least 4 members (excludes halogenated alkanes) is 1. The van der Waals surface area contributed by atoms with E-state index in [1.165, 1.54) is 0 Å². The molecule has 10 nitrogen and oxygen atoms in total. The van der Waals surface area contributed by atoms with Crippen molar-refractivity contribution in [2.45, 2.75) is 55.8 Å². The van der Waals surface area contributed by atoms with Gasteiger partial charge in [-0.05, 0) is 74.0 Å². The van der Waals surface area contributed by atoms with Crippen molar-refractivity contribution in [3.63, 3.8) is 0 Å². The molecular weight excluding hydrogens is 630 g/mol. The van der Waals surface area contributed by atoms with E-state index in [1.54, 1.807) is 84.6 Å². The number of benzene rings is 3. The van der Waals surface area contributed by atoms with Gasteiger partial charge in [0.1, 0.15) is 10.6 Å². The standard InChI is InChI=1S/C37H50N3O7S/c1-27(2)37(40(41)28(3)30-13-7-10-16-35(30)48(37,42)43)31-14-8-9-15-32(31)47-24-12-11-18-38-20-22-39(23-21-38)19-17-29-25-33(44-4)36(46-6)34(26-29)45-5/h7-10,13-16,25-28H,11-12,17-24H2,1-6H3/q-1. The monoisotopic (exact) mass is 680 g/mol. The zero-order valence-electron chi connectivity index (χ0n) is 29.1. The maximum atomic E-state index is 14.3. The van der Waals surface area contributed by atoms with Gasteiger partial charge in [-0.3, -0.25) is 0 Å². The highest BCUT2D eigenvalue weighted by molar-refractivity contribution is 7.92. The molecule has 0 radical (unpaired) electrons. The van der Waals surface area contributed by atoms with Crippen molar-refractivity contribution in [3.8, 4) is 23.0 Å². The van der Waals surface area contributed by atoms with Gasteiger partial charge in [-0.15, -0.1) is 0 Å². The maximum Gasteiger partial charge on any atom is 0.203 e. The normalized spacial score (nSPS) is 21.5.